The number of benzene rings is 3. The monoisotopic (exact) mass is 576 g/mol. The Labute approximate surface area is 236 Å². The van der Waals surface area contributed by atoms with Crippen LogP contribution >= 0.6 is 0 Å². The van der Waals surface area contributed by atoms with E-state index in [2.05, 4.69) is 27.2 Å². The summed E-state index contributed by atoms with van der Waals surface area (Å²) in [4.78, 5) is 4.41. The highest BCUT2D eigenvalue weighted by molar-refractivity contribution is 7.82. The lowest BCUT2D eigenvalue weighted by Crippen LogP contribution is -2.37. The predicted molar refractivity (Wildman–Crippen MR) is 155 cm³/mol. The molecule has 4 rings (SSSR count). The fourth-order valence-electron chi connectivity index (χ4n) is 4.89. The van der Waals surface area contributed by atoms with E-state index in [4.69, 9.17) is 0 Å². The molecule has 0 aliphatic carbocycles. The minimum Gasteiger partial charge on any atom is -0.368 e. The molecule has 1 N–H and O–H groups in total. The zero-order valence-corrected chi connectivity index (χ0v) is 23.9. The van der Waals surface area contributed by atoms with Crippen molar-refractivity contribution >= 4 is 22.4 Å². The van der Waals surface area contributed by atoms with Crippen molar-refractivity contribution in [1.82, 2.24) is 9.21 Å². The first kappa shape index (κ1) is 30.0. The first-order chi connectivity index (χ1) is 19.0. The maximum absolute atomic E-state index is 13.8. The van der Waals surface area contributed by atoms with Gasteiger partial charge < -0.3 is 15.1 Å². The van der Waals surface area contributed by atoms with Gasteiger partial charge in [-0.15, -0.1) is 0 Å². The van der Waals surface area contributed by atoms with Crippen molar-refractivity contribution in [3.63, 3.8) is 0 Å². The van der Waals surface area contributed by atoms with E-state index in [0.717, 1.165) is 55.0 Å². The van der Waals surface area contributed by atoms with Gasteiger partial charge >= 0.3 is 6.18 Å². The molecule has 3 aromatic carbocycles. The van der Waals surface area contributed by atoms with Crippen LogP contribution in [0, 0.1) is 18.7 Å². The molecule has 0 amide bonds. The summed E-state index contributed by atoms with van der Waals surface area (Å²) in [5, 5.41) is 3.05. The summed E-state index contributed by atoms with van der Waals surface area (Å²) in [5.74, 6) is -0.287. The third kappa shape index (κ3) is 8.05. The average Bonchev–Trinajstić information content (AvgIpc) is 3.36. The van der Waals surface area contributed by atoms with Gasteiger partial charge in [-0.2, -0.15) is 13.2 Å². The van der Waals surface area contributed by atoms with E-state index < -0.39 is 28.5 Å². The van der Waals surface area contributed by atoms with Gasteiger partial charge in [0.05, 0.1) is 23.2 Å². The number of nitrogens with one attached hydrogen (secondary N) is 1. The van der Waals surface area contributed by atoms with E-state index in [0.29, 0.717) is 18.2 Å². The SMILES string of the molecule is Cc1cccc(-c2ccc(N(CCN3CCC(CS(=O)N(C)C)C3)CNc3ccc(F)c(C(F)(F)F)c3)cc2)c1. The maximum Gasteiger partial charge on any atom is 0.419 e. The van der Waals surface area contributed by atoms with E-state index in [1.165, 1.54) is 11.6 Å². The number of hydrogen-bond acceptors (Lipinski definition) is 4. The first-order valence-corrected chi connectivity index (χ1v) is 14.6. The number of halogens is 4. The molecule has 1 aliphatic rings. The molecule has 1 saturated heterocycles. The molecule has 0 radical (unpaired) electrons. The normalized spacial score (nSPS) is 16.9. The summed E-state index contributed by atoms with van der Waals surface area (Å²) in [6.45, 7) is 5.45. The highest BCUT2D eigenvalue weighted by atomic mass is 32.2. The Kier molecular flexibility index (Phi) is 9.86. The summed E-state index contributed by atoms with van der Waals surface area (Å²) in [7, 11) is 2.64. The van der Waals surface area contributed by atoms with Crippen LogP contribution in [0.4, 0.5) is 28.9 Å². The van der Waals surface area contributed by atoms with Crippen LogP contribution < -0.4 is 10.2 Å². The van der Waals surface area contributed by atoms with Crippen LogP contribution in [0.25, 0.3) is 11.1 Å². The second-order valence-corrected chi connectivity index (χ2v) is 12.2. The van der Waals surface area contributed by atoms with Crippen molar-refractivity contribution in [2.75, 3.05) is 62.9 Å². The Bertz CT molecular complexity index is 1300. The largest absolute Gasteiger partial charge is 0.419 e. The Morgan fingerprint density at radius 2 is 1.77 bits per heavy atom. The summed E-state index contributed by atoms with van der Waals surface area (Å²) in [5.41, 5.74) is 3.19. The predicted octanol–water partition coefficient (Wildman–Crippen LogP) is 6.24. The smallest absolute Gasteiger partial charge is 0.368 e. The second-order valence-electron chi connectivity index (χ2n) is 10.5. The molecule has 0 saturated carbocycles. The topological polar surface area (TPSA) is 38.8 Å². The van der Waals surface area contributed by atoms with Crippen LogP contribution in [0.3, 0.4) is 0 Å². The molecule has 0 spiro atoms. The minimum absolute atomic E-state index is 0.197. The van der Waals surface area contributed by atoms with Crippen LogP contribution in [0.5, 0.6) is 0 Å². The molecule has 216 valence electrons. The summed E-state index contributed by atoms with van der Waals surface area (Å²) in [6, 6.07) is 19.3. The van der Waals surface area contributed by atoms with E-state index in [-0.39, 0.29) is 12.4 Å². The van der Waals surface area contributed by atoms with Crippen molar-refractivity contribution in [3.05, 3.63) is 83.7 Å². The first-order valence-electron chi connectivity index (χ1n) is 13.3. The molecule has 5 nitrogen and oxygen atoms in total. The van der Waals surface area contributed by atoms with Crippen molar-refractivity contribution in [3.8, 4) is 11.1 Å². The summed E-state index contributed by atoms with van der Waals surface area (Å²) in [6.07, 6.45) is -3.78. The van der Waals surface area contributed by atoms with Crippen LogP contribution in [0.1, 0.15) is 17.5 Å². The molecule has 1 fully saturated rings. The minimum atomic E-state index is -4.77. The van der Waals surface area contributed by atoms with E-state index in [9.17, 15) is 21.8 Å². The van der Waals surface area contributed by atoms with E-state index >= 15 is 0 Å². The van der Waals surface area contributed by atoms with Gasteiger partial charge in [0.1, 0.15) is 5.82 Å². The van der Waals surface area contributed by atoms with Gasteiger partial charge in [-0.25, -0.2) is 12.9 Å². The lowest BCUT2D eigenvalue weighted by Gasteiger charge is -2.28. The molecule has 0 aromatic heterocycles. The third-order valence-corrected chi connectivity index (χ3v) is 8.74. The van der Waals surface area contributed by atoms with Gasteiger partial charge in [0.2, 0.25) is 0 Å². The quantitative estimate of drug-likeness (QED) is 0.217. The fourth-order valence-corrected chi connectivity index (χ4v) is 5.87. The highest BCUT2D eigenvalue weighted by Gasteiger charge is 2.34. The molecule has 3 aromatic rings. The van der Waals surface area contributed by atoms with Gasteiger partial charge in [0.15, 0.2) is 0 Å². The number of aryl methyl sites for hydroxylation is 1. The van der Waals surface area contributed by atoms with Gasteiger partial charge in [-0.1, -0.05) is 42.0 Å². The number of likely N-dealkylation sites (tertiary alicyclic amines) is 1. The number of alkyl halides is 3. The van der Waals surface area contributed by atoms with E-state index in [1.807, 2.05) is 57.4 Å². The number of anilines is 2. The molecule has 2 atom stereocenters. The Hall–Kier alpha value is -2.95. The molecule has 40 heavy (non-hydrogen) atoms. The highest BCUT2D eigenvalue weighted by Crippen LogP contribution is 2.33. The average molecular weight is 577 g/mol. The van der Waals surface area contributed by atoms with Crippen molar-refractivity contribution in [2.45, 2.75) is 19.5 Å². The van der Waals surface area contributed by atoms with Gasteiger partial charge in [-0.05, 0) is 81.4 Å². The maximum atomic E-state index is 13.8. The van der Waals surface area contributed by atoms with Crippen LogP contribution in [-0.2, 0) is 17.2 Å². The lowest BCUT2D eigenvalue weighted by atomic mass is 10.0. The van der Waals surface area contributed by atoms with Crippen LogP contribution in [-0.4, -0.2) is 66.1 Å². The van der Waals surface area contributed by atoms with Gasteiger partial charge in [0.25, 0.3) is 0 Å². The molecular weight excluding hydrogens is 540 g/mol. The molecule has 2 unspecified atom stereocenters. The Morgan fingerprint density at radius 1 is 1.02 bits per heavy atom. The Morgan fingerprint density at radius 3 is 2.45 bits per heavy atom. The molecule has 1 aliphatic heterocycles. The Balaban J connectivity index is 1.47. The molecule has 10 heteroatoms. The standard InChI is InChI=1S/C30H36F4N4OS/c1-22-5-4-6-25(17-22)24-7-10-27(11-8-24)38(16-15-37-14-13-23(19-37)20-40(39)36(2)3)21-35-26-9-12-29(31)28(18-26)30(32,33)34/h4-12,17-18,23,35H,13-16,19-21H2,1-3H3. The lowest BCUT2D eigenvalue weighted by molar-refractivity contribution is -0.139. The van der Waals surface area contributed by atoms with Crippen LogP contribution in [0.2, 0.25) is 0 Å². The van der Waals surface area contributed by atoms with Crippen molar-refractivity contribution in [1.29, 1.82) is 0 Å². The van der Waals surface area contributed by atoms with Crippen LogP contribution in [0.15, 0.2) is 66.7 Å². The fraction of sp³-hybridized carbons (Fsp3) is 0.400. The van der Waals surface area contributed by atoms with Crippen molar-refractivity contribution in [2.24, 2.45) is 5.92 Å². The summed E-state index contributed by atoms with van der Waals surface area (Å²) < 4.78 is 67.5. The molecular formula is C30H36F4N4OS. The van der Waals surface area contributed by atoms with Gasteiger partial charge in [-0.3, -0.25) is 0 Å². The number of hydrogen-bond donors (Lipinski definition) is 1. The van der Waals surface area contributed by atoms with Crippen molar-refractivity contribution < 1.29 is 21.8 Å². The van der Waals surface area contributed by atoms with Gasteiger partial charge in [0, 0.05) is 36.8 Å². The zero-order chi connectivity index (χ0) is 28.9. The molecule has 1 heterocycles. The third-order valence-electron chi connectivity index (χ3n) is 7.17. The number of nitrogens with zero attached hydrogens (tertiary/aromatic N) is 3. The number of rotatable bonds is 11. The summed E-state index contributed by atoms with van der Waals surface area (Å²) >= 11 is 0. The van der Waals surface area contributed by atoms with E-state index in [1.54, 1.807) is 4.31 Å². The zero-order valence-electron chi connectivity index (χ0n) is 23.0. The molecule has 0 bridgehead atoms. The second kappa shape index (κ2) is 13.1.